The van der Waals surface area contributed by atoms with Crippen molar-refractivity contribution in [2.75, 3.05) is 24.7 Å². The summed E-state index contributed by atoms with van der Waals surface area (Å²) < 4.78 is 11.1. The predicted octanol–water partition coefficient (Wildman–Crippen LogP) is 0.874. The van der Waals surface area contributed by atoms with Crippen LogP contribution in [0.5, 0.6) is 0 Å². The average molecular weight is 276 g/mol. The fourth-order valence-electron chi connectivity index (χ4n) is 1.33. The Balaban J connectivity index is 0. The summed E-state index contributed by atoms with van der Waals surface area (Å²) in [5.41, 5.74) is 1.89. The van der Waals surface area contributed by atoms with E-state index in [0.29, 0.717) is 12.3 Å². The van der Waals surface area contributed by atoms with Crippen molar-refractivity contribution in [3.05, 3.63) is 23.4 Å². The number of hydrogen-bond acceptors (Lipinski definition) is 4. The van der Waals surface area contributed by atoms with E-state index in [9.17, 15) is 4.21 Å². The molecule has 0 aliphatic rings. The highest BCUT2D eigenvalue weighted by atomic mass is 32.2. The maximum absolute atomic E-state index is 11.1. The van der Waals surface area contributed by atoms with Gasteiger partial charge in [0.2, 0.25) is 0 Å². The Kier molecular flexibility index (Phi) is 12.0. The second kappa shape index (κ2) is 11.1. The Morgan fingerprint density at radius 3 is 2.50 bits per heavy atom. The van der Waals surface area contributed by atoms with Crippen LogP contribution in [0.25, 0.3) is 0 Å². The first-order valence-corrected chi connectivity index (χ1v) is 7.47. The maximum atomic E-state index is 11.1. The van der Waals surface area contributed by atoms with Crippen molar-refractivity contribution in [3.63, 3.8) is 0 Å². The van der Waals surface area contributed by atoms with Gasteiger partial charge >= 0.3 is 0 Å². The van der Waals surface area contributed by atoms with Crippen LogP contribution in [0.4, 0.5) is 5.82 Å². The van der Waals surface area contributed by atoms with Gasteiger partial charge in [0.15, 0.2) is 0 Å². The smallest absolute Gasteiger partial charge is 0.126 e. The Morgan fingerprint density at radius 2 is 2.00 bits per heavy atom. The van der Waals surface area contributed by atoms with Crippen LogP contribution in [0.1, 0.15) is 25.1 Å². The number of anilines is 1. The SMILES string of the molecule is CC.Cc1cc(CS(C)=O)cc(NCCO)n1.O. The van der Waals surface area contributed by atoms with Crippen molar-refractivity contribution in [2.24, 2.45) is 0 Å². The molecule has 1 aromatic heterocycles. The molecular weight excluding hydrogens is 252 g/mol. The molecule has 1 unspecified atom stereocenters. The van der Waals surface area contributed by atoms with Crippen LogP contribution in [0.15, 0.2) is 12.1 Å². The molecule has 0 spiro atoms. The monoisotopic (exact) mass is 276 g/mol. The third-order valence-corrected chi connectivity index (χ3v) is 2.54. The van der Waals surface area contributed by atoms with Crippen molar-refractivity contribution in [1.29, 1.82) is 0 Å². The van der Waals surface area contributed by atoms with Gasteiger partial charge < -0.3 is 15.9 Å². The van der Waals surface area contributed by atoms with E-state index in [1.165, 1.54) is 0 Å². The molecule has 0 aromatic carbocycles. The molecule has 6 heteroatoms. The van der Waals surface area contributed by atoms with Gasteiger partial charge in [0.25, 0.3) is 0 Å². The first-order valence-electron chi connectivity index (χ1n) is 5.74. The second-order valence-corrected chi connectivity index (χ2v) is 4.80. The minimum Gasteiger partial charge on any atom is -0.412 e. The fourth-order valence-corrected chi connectivity index (χ4v) is 1.97. The Labute approximate surface area is 111 Å². The lowest BCUT2D eigenvalue weighted by atomic mass is 10.2. The van der Waals surface area contributed by atoms with E-state index in [1.807, 2.05) is 32.9 Å². The van der Waals surface area contributed by atoms with Crippen molar-refractivity contribution < 1.29 is 14.8 Å². The maximum Gasteiger partial charge on any atom is 0.126 e. The lowest BCUT2D eigenvalue weighted by Gasteiger charge is -2.07. The van der Waals surface area contributed by atoms with E-state index in [0.717, 1.165) is 17.1 Å². The van der Waals surface area contributed by atoms with E-state index >= 15 is 0 Å². The summed E-state index contributed by atoms with van der Waals surface area (Å²) in [6, 6.07) is 3.79. The highest BCUT2D eigenvalue weighted by molar-refractivity contribution is 7.83. The van der Waals surface area contributed by atoms with Crippen LogP contribution in [-0.2, 0) is 16.6 Å². The summed E-state index contributed by atoms with van der Waals surface area (Å²) in [6.07, 6.45) is 1.68. The highest BCUT2D eigenvalue weighted by Crippen LogP contribution is 2.11. The van der Waals surface area contributed by atoms with Gasteiger partial charge in [-0.25, -0.2) is 4.98 Å². The largest absolute Gasteiger partial charge is 0.412 e. The van der Waals surface area contributed by atoms with E-state index in [-0.39, 0.29) is 12.1 Å². The molecule has 4 N–H and O–H groups in total. The molecule has 0 fully saturated rings. The standard InChI is InChI=1S/C10H16N2O2S.C2H6.H2O/c1-8-5-9(7-15(2)14)6-10(12-8)11-3-4-13;1-2;/h5-6,13H,3-4,7H2,1-2H3,(H,11,12);1-2H3;1H2. The quantitative estimate of drug-likeness (QED) is 0.834. The molecule has 0 aliphatic heterocycles. The van der Waals surface area contributed by atoms with E-state index in [1.54, 1.807) is 6.26 Å². The molecule has 0 radical (unpaired) electrons. The molecule has 1 atom stereocenters. The number of aliphatic hydroxyl groups is 1. The highest BCUT2D eigenvalue weighted by Gasteiger charge is 2.01. The van der Waals surface area contributed by atoms with E-state index < -0.39 is 10.8 Å². The average Bonchev–Trinajstić information content (AvgIpc) is 2.27. The molecule has 1 heterocycles. The summed E-state index contributed by atoms with van der Waals surface area (Å²) in [7, 11) is -0.844. The molecule has 0 saturated heterocycles. The lowest BCUT2D eigenvalue weighted by molar-refractivity contribution is 0.311. The summed E-state index contributed by atoms with van der Waals surface area (Å²) in [5.74, 6) is 1.27. The Morgan fingerprint density at radius 1 is 1.39 bits per heavy atom. The second-order valence-electron chi connectivity index (χ2n) is 3.37. The number of nitrogens with zero attached hydrogens (tertiary/aromatic N) is 1. The number of aliphatic hydroxyl groups excluding tert-OH is 1. The minimum atomic E-state index is -0.844. The molecule has 1 aromatic rings. The number of hydrogen-bond donors (Lipinski definition) is 2. The zero-order valence-corrected chi connectivity index (χ0v) is 12.3. The van der Waals surface area contributed by atoms with E-state index in [4.69, 9.17) is 5.11 Å². The molecule has 0 bridgehead atoms. The van der Waals surface area contributed by atoms with Crippen LogP contribution in [0.3, 0.4) is 0 Å². The van der Waals surface area contributed by atoms with Crippen LogP contribution < -0.4 is 5.32 Å². The van der Waals surface area contributed by atoms with Gasteiger partial charge in [-0.1, -0.05) is 13.8 Å². The first kappa shape index (κ1) is 19.4. The number of aryl methyl sites for hydroxylation is 1. The fraction of sp³-hybridized carbons (Fsp3) is 0.583. The van der Waals surface area contributed by atoms with Crippen LogP contribution in [0, 0.1) is 6.92 Å². The molecule has 0 aliphatic carbocycles. The van der Waals surface area contributed by atoms with Crippen molar-refractivity contribution in [1.82, 2.24) is 4.98 Å². The van der Waals surface area contributed by atoms with Crippen LogP contribution in [0.2, 0.25) is 0 Å². The third-order valence-electron chi connectivity index (χ3n) is 1.80. The van der Waals surface area contributed by atoms with Crippen LogP contribution >= 0.6 is 0 Å². The van der Waals surface area contributed by atoms with Crippen molar-refractivity contribution >= 4 is 16.6 Å². The normalized spacial score (nSPS) is 10.7. The van der Waals surface area contributed by atoms with Gasteiger partial charge in [0.1, 0.15) is 5.82 Å². The minimum absolute atomic E-state index is 0. The van der Waals surface area contributed by atoms with Gasteiger partial charge in [-0.15, -0.1) is 0 Å². The van der Waals surface area contributed by atoms with Gasteiger partial charge in [0, 0.05) is 35.0 Å². The summed E-state index contributed by atoms with van der Waals surface area (Å²) in [4.78, 5) is 4.26. The summed E-state index contributed by atoms with van der Waals surface area (Å²) >= 11 is 0. The number of nitrogens with one attached hydrogen (secondary N) is 1. The topological polar surface area (TPSA) is 93.7 Å². The van der Waals surface area contributed by atoms with Gasteiger partial charge in [0.05, 0.1) is 6.61 Å². The molecular formula is C12H24N2O3S. The zero-order valence-electron chi connectivity index (χ0n) is 11.5. The summed E-state index contributed by atoms with van der Waals surface area (Å²) in [6.45, 7) is 6.45. The van der Waals surface area contributed by atoms with E-state index in [2.05, 4.69) is 10.3 Å². The molecule has 5 nitrogen and oxygen atoms in total. The molecule has 18 heavy (non-hydrogen) atoms. The molecule has 0 saturated carbocycles. The van der Waals surface area contributed by atoms with Gasteiger partial charge in [-0.3, -0.25) is 4.21 Å². The molecule has 1 rings (SSSR count). The Hall–Kier alpha value is -0.980. The lowest BCUT2D eigenvalue weighted by Crippen LogP contribution is -2.08. The predicted molar refractivity (Wildman–Crippen MR) is 77.3 cm³/mol. The molecule has 0 amide bonds. The zero-order chi connectivity index (χ0) is 13.3. The number of pyridine rings is 1. The van der Waals surface area contributed by atoms with Gasteiger partial charge in [-0.2, -0.15) is 0 Å². The Bertz CT molecular complexity index is 359. The summed E-state index contributed by atoms with van der Waals surface area (Å²) in [5, 5.41) is 11.7. The van der Waals surface area contributed by atoms with Crippen molar-refractivity contribution in [3.8, 4) is 0 Å². The van der Waals surface area contributed by atoms with Crippen LogP contribution in [-0.4, -0.2) is 39.2 Å². The first-order chi connectivity index (χ1) is 8.11. The van der Waals surface area contributed by atoms with Crippen molar-refractivity contribution in [2.45, 2.75) is 26.5 Å². The number of aromatic nitrogens is 1. The molecule has 106 valence electrons. The van der Waals surface area contributed by atoms with Gasteiger partial charge in [-0.05, 0) is 24.6 Å². The third kappa shape index (κ3) is 8.16. The number of rotatable bonds is 5.